The quantitative estimate of drug-likeness (QED) is 0.252. The Morgan fingerprint density at radius 3 is 1.38 bits per heavy atom. The molecule has 0 bridgehead atoms. The van der Waals surface area contributed by atoms with Crippen LogP contribution in [0, 0.1) is 5.92 Å². The number of carbonyl (C=O) groups excluding carboxylic acids is 3. The molecule has 0 aromatic rings. The first-order valence-corrected chi connectivity index (χ1v) is 8.55. The minimum atomic E-state index is -0.264. The van der Waals surface area contributed by atoms with Crippen molar-refractivity contribution in [1.82, 2.24) is 0 Å². The lowest BCUT2D eigenvalue weighted by molar-refractivity contribution is -0.127. The average Bonchev–Trinajstić information content (AvgIpc) is 2.47. The summed E-state index contributed by atoms with van der Waals surface area (Å²) in [7, 11) is 0. The monoisotopic (exact) mass is 295 g/mol. The minimum Gasteiger partial charge on any atom is -0.302 e. The summed E-state index contributed by atoms with van der Waals surface area (Å²) in [5, 5.41) is 0. The van der Waals surface area contributed by atoms with Gasteiger partial charge in [-0.15, -0.1) is 0 Å². The number of hydrogen-bond acceptors (Lipinski definition) is 3. The molecule has 3 nitrogen and oxygen atoms in total. The van der Waals surface area contributed by atoms with Gasteiger partial charge < -0.3 is 4.79 Å². The second-order valence-corrected chi connectivity index (χ2v) is 5.71. The predicted octanol–water partition coefficient (Wildman–Crippen LogP) is 4.62. The SMILES string of the molecule is CCCCCCCC(=O)[C](C=O)C(=O)CCCCCCC. The Kier molecular flexibility index (Phi) is 13.3. The predicted molar refractivity (Wildman–Crippen MR) is 86.1 cm³/mol. The van der Waals surface area contributed by atoms with Crippen molar-refractivity contribution >= 4 is 17.9 Å². The van der Waals surface area contributed by atoms with E-state index in [1.807, 2.05) is 0 Å². The van der Waals surface area contributed by atoms with Crippen LogP contribution in [0.4, 0.5) is 0 Å². The molecule has 0 saturated heterocycles. The molecule has 0 amide bonds. The minimum absolute atomic E-state index is 0.110. The van der Waals surface area contributed by atoms with Crippen molar-refractivity contribution in [2.45, 2.75) is 90.9 Å². The fourth-order valence-corrected chi connectivity index (χ4v) is 2.33. The zero-order chi connectivity index (χ0) is 15.9. The molecule has 121 valence electrons. The summed E-state index contributed by atoms with van der Waals surface area (Å²) in [6, 6.07) is 0. The summed E-state index contributed by atoms with van der Waals surface area (Å²) in [6.45, 7) is 4.28. The van der Waals surface area contributed by atoms with Crippen molar-refractivity contribution in [3.8, 4) is 0 Å². The number of ketones is 2. The van der Waals surface area contributed by atoms with Crippen LogP contribution in [0.5, 0.6) is 0 Å². The Balaban J connectivity index is 3.91. The molecular weight excluding hydrogens is 264 g/mol. The van der Waals surface area contributed by atoms with E-state index in [2.05, 4.69) is 13.8 Å². The number of rotatable bonds is 15. The van der Waals surface area contributed by atoms with E-state index < -0.39 is 0 Å². The van der Waals surface area contributed by atoms with Crippen LogP contribution in [0.1, 0.15) is 90.9 Å². The van der Waals surface area contributed by atoms with Crippen molar-refractivity contribution in [2.75, 3.05) is 0 Å². The lowest BCUT2D eigenvalue weighted by Crippen LogP contribution is -2.23. The molecule has 0 aliphatic carbocycles. The third-order valence-corrected chi connectivity index (χ3v) is 3.73. The van der Waals surface area contributed by atoms with Gasteiger partial charge in [0, 0.05) is 12.8 Å². The zero-order valence-electron chi connectivity index (χ0n) is 13.8. The molecule has 0 fully saturated rings. The highest BCUT2D eigenvalue weighted by molar-refractivity contribution is 6.28. The summed E-state index contributed by atoms with van der Waals surface area (Å²) in [6.07, 6.45) is 11.6. The Bertz CT molecular complexity index is 271. The van der Waals surface area contributed by atoms with Crippen LogP contribution in [0.3, 0.4) is 0 Å². The van der Waals surface area contributed by atoms with Crippen molar-refractivity contribution in [3.63, 3.8) is 0 Å². The van der Waals surface area contributed by atoms with E-state index in [9.17, 15) is 14.4 Å². The summed E-state index contributed by atoms with van der Waals surface area (Å²) < 4.78 is 0. The first-order chi connectivity index (χ1) is 10.2. The van der Waals surface area contributed by atoms with Gasteiger partial charge in [-0.05, 0) is 12.8 Å². The lowest BCUT2D eigenvalue weighted by atomic mass is 9.93. The van der Waals surface area contributed by atoms with E-state index in [0.29, 0.717) is 19.1 Å². The first-order valence-electron chi connectivity index (χ1n) is 8.55. The second-order valence-electron chi connectivity index (χ2n) is 5.71. The molecule has 0 rings (SSSR count). The fraction of sp³-hybridized carbons (Fsp3) is 0.778. The summed E-state index contributed by atoms with van der Waals surface area (Å²) in [5.74, 6) is -0.638. The molecule has 0 heterocycles. The Labute approximate surface area is 129 Å². The van der Waals surface area contributed by atoms with Gasteiger partial charge in [-0.3, -0.25) is 9.59 Å². The van der Waals surface area contributed by atoms with Crippen molar-refractivity contribution in [3.05, 3.63) is 5.92 Å². The average molecular weight is 295 g/mol. The van der Waals surface area contributed by atoms with Gasteiger partial charge in [0.05, 0.1) is 0 Å². The number of carbonyl (C=O) groups is 3. The Morgan fingerprint density at radius 1 is 0.667 bits per heavy atom. The molecular formula is C18H31O3. The van der Waals surface area contributed by atoms with Gasteiger partial charge in [0.1, 0.15) is 6.29 Å². The normalized spacial score (nSPS) is 10.8. The smallest absolute Gasteiger partial charge is 0.168 e. The van der Waals surface area contributed by atoms with Crippen LogP contribution in [0.15, 0.2) is 0 Å². The zero-order valence-corrected chi connectivity index (χ0v) is 13.8. The van der Waals surface area contributed by atoms with Gasteiger partial charge in [0.2, 0.25) is 0 Å². The molecule has 0 aliphatic rings. The van der Waals surface area contributed by atoms with Gasteiger partial charge in [-0.1, -0.05) is 65.2 Å². The standard InChI is InChI=1S/C18H31O3/c1-3-5-7-9-11-13-17(20)16(15-19)18(21)14-12-10-8-6-4-2/h15H,3-14H2,1-2H3. The van der Waals surface area contributed by atoms with Crippen LogP contribution >= 0.6 is 0 Å². The fourth-order valence-electron chi connectivity index (χ4n) is 2.33. The maximum Gasteiger partial charge on any atom is 0.168 e. The molecule has 0 saturated carbocycles. The number of Topliss-reactive ketones (excluding diaryl/α,β-unsaturated/α-hetero) is 2. The Hall–Kier alpha value is -0.990. The topological polar surface area (TPSA) is 51.2 Å². The third kappa shape index (κ3) is 10.4. The molecule has 0 spiro atoms. The molecule has 1 radical (unpaired) electrons. The van der Waals surface area contributed by atoms with Crippen LogP contribution in [-0.2, 0) is 14.4 Å². The number of unbranched alkanes of at least 4 members (excludes halogenated alkanes) is 8. The van der Waals surface area contributed by atoms with Crippen LogP contribution < -0.4 is 0 Å². The molecule has 0 atom stereocenters. The first kappa shape index (κ1) is 20.0. The van der Waals surface area contributed by atoms with E-state index in [-0.39, 0.29) is 17.5 Å². The molecule has 3 heteroatoms. The summed E-state index contributed by atoms with van der Waals surface area (Å²) in [5.41, 5.74) is 0. The molecule has 0 aromatic carbocycles. The maximum atomic E-state index is 11.9. The molecule has 0 N–H and O–H groups in total. The van der Waals surface area contributed by atoms with Gasteiger partial charge in [0.15, 0.2) is 17.5 Å². The molecule has 0 aromatic heterocycles. The van der Waals surface area contributed by atoms with Crippen molar-refractivity contribution < 1.29 is 14.4 Å². The van der Waals surface area contributed by atoms with Crippen LogP contribution in [-0.4, -0.2) is 17.9 Å². The Morgan fingerprint density at radius 2 is 1.05 bits per heavy atom. The van der Waals surface area contributed by atoms with Gasteiger partial charge >= 0.3 is 0 Å². The van der Waals surface area contributed by atoms with E-state index in [1.54, 1.807) is 0 Å². The van der Waals surface area contributed by atoms with Crippen LogP contribution in [0.2, 0.25) is 0 Å². The van der Waals surface area contributed by atoms with E-state index in [4.69, 9.17) is 0 Å². The van der Waals surface area contributed by atoms with Crippen molar-refractivity contribution in [1.29, 1.82) is 0 Å². The summed E-state index contributed by atoms with van der Waals surface area (Å²) >= 11 is 0. The number of aldehydes is 1. The van der Waals surface area contributed by atoms with Gasteiger partial charge in [-0.25, -0.2) is 0 Å². The highest BCUT2D eigenvalue weighted by atomic mass is 16.2. The molecule has 0 unspecified atom stereocenters. The highest BCUT2D eigenvalue weighted by Crippen LogP contribution is 2.14. The molecule has 21 heavy (non-hydrogen) atoms. The number of hydrogen-bond donors (Lipinski definition) is 0. The van der Waals surface area contributed by atoms with E-state index in [0.717, 1.165) is 51.4 Å². The van der Waals surface area contributed by atoms with Gasteiger partial charge in [-0.2, -0.15) is 0 Å². The van der Waals surface area contributed by atoms with E-state index in [1.165, 1.54) is 12.8 Å². The van der Waals surface area contributed by atoms with Gasteiger partial charge in [0.25, 0.3) is 0 Å². The third-order valence-electron chi connectivity index (χ3n) is 3.73. The second kappa shape index (κ2) is 14.0. The van der Waals surface area contributed by atoms with Crippen molar-refractivity contribution in [2.24, 2.45) is 0 Å². The maximum absolute atomic E-state index is 11.9. The van der Waals surface area contributed by atoms with Crippen LogP contribution in [0.25, 0.3) is 0 Å². The molecule has 0 aliphatic heterocycles. The largest absolute Gasteiger partial charge is 0.302 e. The lowest BCUT2D eigenvalue weighted by Gasteiger charge is -2.07. The highest BCUT2D eigenvalue weighted by Gasteiger charge is 2.25. The van der Waals surface area contributed by atoms with E-state index >= 15 is 0 Å². The summed E-state index contributed by atoms with van der Waals surface area (Å²) in [4.78, 5) is 34.8.